The second-order valence-electron chi connectivity index (χ2n) is 5.67. The van der Waals surface area contributed by atoms with E-state index in [2.05, 4.69) is 60.4 Å². The van der Waals surface area contributed by atoms with Crippen molar-refractivity contribution in [1.29, 1.82) is 0 Å². The van der Waals surface area contributed by atoms with Gasteiger partial charge in [-0.1, -0.05) is 51.1 Å². The SMILES string of the molecule is CC(C)(C)c1ncnc2scc(-c3ccccc3)c12. The summed E-state index contributed by atoms with van der Waals surface area (Å²) in [5, 5.41) is 3.38. The third-order valence-electron chi connectivity index (χ3n) is 3.17. The van der Waals surface area contributed by atoms with Gasteiger partial charge in [0.05, 0.1) is 5.69 Å². The van der Waals surface area contributed by atoms with Crippen LogP contribution in [0, 0.1) is 0 Å². The summed E-state index contributed by atoms with van der Waals surface area (Å²) in [5.74, 6) is 0. The number of benzene rings is 1. The van der Waals surface area contributed by atoms with E-state index in [-0.39, 0.29) is 5.41 Å². The van der Waals surface area contributed by atoms with Crippen LogP contribution in [0.15, 0.2) is 42.0 Å². The molecule has 3 heteroatoms. The zero-order valence-corrected chi connectivity index (χ0v) is 12.2. The van der Waals surface area contributed by atoms with Gasteiger partial charge in [-0.2, -0.15) is 0 Å². The van der Waals surface area contributed by atoms with Crippen LogP contribution in [0.4, 0.5) is 0 Å². The van der Waals surface area contributed by atoms with E-state index < -0.39 is 0 Å². The summed E-state index contributed by atoms with van der Waals surface area (Å²) in [5.41, 5.74) is 3.61. The largest absolute Gasteiger partial charge is 0.240 e. The molecule has 3 rings (SSSR count). The van der Waals surface area contributed by atoms with E-state index in [1.165, 1.54) is 16.5 Å². The van der Waals surface area contributed by atoms with Gasteiger partial charge in [-0.05, 0) is 5.56 Å². The third-order valence-corrected chi connectivity index (χ3v) is 4.05. The van der Waals surface area contributed by atoms with Gasteiger partial charge in [0.15, 0.2) is 0 Å². The molecule has 0 aliphatic carbocycles. The molecule has 0 spiro atoms. The van der Waals surface area contributed by atoms with Gasteiger partial charge in [-0.25, -0.2) is 9.97 Å². The fourth-order valence-corrected chi connectivity index (χ4v) is 3.19. The number of nitrogens with zero attached hydrogens (tertiary/aromatic N) is 2. The Bertz CT molecular complexity index is 708. The number of rotatable bonds is 1. The fraction of sp³-hybridized carbons (Fsp3) is 0.250. The number of hydrogen-bond donors (Lipinski definition) is 0. The van der Waals surface area contributed by atoms with Gasteiger partial charge in [0.2, 0.25) is 0 Å². The lowest BCUT2D eigenvalue weighted by Gasteiger charge is -2.19. The quantitative estimate of drug-likeness (QED) is 0.641. The maximum absolute atomic E-state index is 4.53. The summed E-state index contributed by atoms with van der Waals surface area (Å²) in [7, 11) is 0. The predicted molar refractivity (Wildman–Crippen MR) is 81.6 cm³/mol. The Balaban J connectivity index is 2.33. The predicted octanol–water partition coefficient (Wildman–Crippen LogP) is 4.66. The zero-order chi connectivity index (χ0) is 13.5. The summed E-state index contributed by atoms with van der Waals surface area (Å²) in [6, 6.07) is 10.5. The van der Waals surface area contributed by atoms with Gasteiger partial charge in [0.25, 0.3) is 0 Å². The van der Waals surface area contributed by atoms with Gasteiger partial charge >= 0.3 is 0 Å². The molecule has 0 radical (unpaired) electrons. The van der Waals surface area contributed by atoms with E-state index in [0.29, 0.717) is 0 Å². The molecule has 2 aromatic heterocycles. The molecule has 0 fully saturated rings. The molecule has 3 aromatic rings. The molecular weight excluding hydrogens is 252 g/mol. The summed E-state index contributed by atoms with van der Waals surface area (Å²) in [6.07, 6.45) is 1.67. The smallest absolute Gasteiger partial charge is 0.127 e. The van der Waals surface area contributed by atoms with E-state index in [1.807, 2.05) is 6.07 Å². The van der Waals surface area contributed by atoms with Crippen LogP contribution in [-0.2, 0) is 5.41 Å². The Hall–Kier alpha value is -1.74. The van der Waals surface area contributed by atoms with Crippen molar-refractivity contribution in [3.63, 3.8) is 0 Å². The van der Waals surface area contributed by atoms with Crippen LogP contribution >= 0.6 is 11.3 Å². The van der Waals surface area contributed by atoms with Crippen molar-refractivity contribution < 1.29 is 0 Å². The minimum absolute atomic E-state index is 0.0196. The van der Waals surface area contributed by atoms with Crippen LogP contribution in [0.5, 0.6) is 0 Å². The maximum atomic E-state index is 4.53. The molecule has 0 bridgehead atoms. The first-order valence-corrected chi connectivity index (χ1v) is 7.23. The summed E-state index contributed by atoms with van der Waals surface area (Å²) >= 11 is 1.69. The second kappa shape index (κ2) is 4.42. The molecule has 0 aliphatic rings. The minimum Gasteiger partial charge on any atom is -0.240 e. The fourth-order valence-electron chi connectivity index (χ4n) is 2.27. The van der Waals surface area contributed by atoms with Crippen LogP contribution < -0.4 is 0 Å². The van der Waals surface area contributed by atoms with E-state index in [0.717, 1.165) is 10.5 Å². The van der Waals surface area contributed by atoms with Gasteiger partial charge in [0, 0.05) is 21.7 Å². The standard InChI is InChI=1S/C16H16N2S/c1-16(2,3)14-13-12(11-7-5-4-6-8-11)9-19-15(13)18-10-17-14/h4-10H,1-3H3. The van der Waals surface area contributed by atoms with Gasteiger partial charge in [-0.3, -0.25) is 0 Å². The monoisotopic (exact) mass is 268 g/mol. The lowest BCUT2D eigenvalue weighted by Crippen LogP contribution is -2.14. The highest BCUT2D eigenvalue weighted by molar-refractivity contribution is 7.17. The summed E-state index contributed by atoms with van der Waals surface area (Å²) in [6.45, 7) is 6.59. The number of hydrogen-bond acceptors (Lipinski definition) is 3. The molecule has 19 heavy (non-hydrogen) atoms. The molecule has 0 saturated heterocycles. The lowest BCUT2D eigenvalue weighted by molar-refractivity contribution is 0.574. The Morgan fingerprint density at radius 3 is 2.42 bits per heavy atom. The van der Waals surface area contributed by atoms with Crippen molar-refractivity contribution in [2.24, 2.45) is 0 Å². The van der Waals surface area contributed by atoms with Gasteiger partial charge < -0.3 is 0 Å². The first-order valence-electron chi connectivity index (χ1n) is 6.35. The topological polar surface area (TPSA) is 25.8 Å². The van der Waals surface area contributed by atoms with Gasteiger partial charge in [0.1, 0.15) is 11.2 Å². The number of aromatic nitrogens is 2. The Kier molecular flexibility index (Phi) is 2.86. The zero-order valence-electron chi connectivity index (χ0n) is 11.3. The molecule has 0 amide bonds. The summed E-state index contributed by atoms with van der Waals surface area (Å²) < 4.78 is 0. The van der Waals surface area contributed by atoms with Crippen LogP contribution in [0.1, 0.15) is 26.5 Å². The molecule has 96 valence electrons. The van der Waals surface area contributed by atoms with E-state index in [9.17, 15) is 0 Å². The highest BCUT2D eigenvalue weighted by Gasteiger charge is 2.22. The minimum atomic E-state index is 0.0196. The van der Waals surface area contributed by atoms with Crippen molar-refractivity contribution in [2.45, 2.75) is 26.2 Å². The highest BCUT2D eigenvalue weighted by Crippen LogP contribution is 2.38. The molecule has 2 heterocycles. The van der Waals surface area contributed by atoms with Crippen molar-refractivity contribution >= 4 is 21.6 Å². The average Bonchev–Trinajstić information content (AvgIpc) is 2.82. The third kappa shape index (κ3) is 2.15. The number of thiophene rings is 1. The molecule has 0 unspecified atom stereocenters. The molecule has 0 aliphatic heterocycles. The van der Waals surface area contributed by atoms with Crippen molar-refractivity contribution in [3.05, 3.63) is 47.7 Å². The molecule has 2 nitrogen and oxygen atoms in total. The van der Waals surface area contributed by atoms with E-state index in [1.54, 1.807) is 17.7 Å². The average molecular weight is 268 g/mol. The molecule has 0 saturated carbocycles. The summed E-state index contributed by atoms with van der Waals surface area (Å²) in [4.78, 5) is 10.0. The Labute approximate surface area is 117 Å². The second-order valence-corrected chi connectivity index (χ2v) is 6.53. The van der Waals surface area contributed by atoms with Crippen LogP contribution in [0.3, 0.4) is 0 Å². The lowest BCUT2D eigenvalue weighted by atomic mass is 9.88. The van der Waals surface area contributed by atoms with Crippen LogP contribution in [0.2, 0.25) is 0 Å². The Morgan fingerprint density at radius 1 is 1.00 bits per heavy atom. The first-order chi connectivity index (χ1) is 9.07. The van der Waals surface area contributed by atoms with Gasteiger partial charge in [-0.15, -0.1) is 11.3 Å². The van der Waals surface area contributed by atoms with E-state index >= 15 is 0 Å². The van der Waals surface area contributed by atoms with Crippen molar-refractivity contribution in [2.75, 3.05) is 0 Å². The molecule has 0 atom stereocenters. The molecule has 0 N–H and O–H groups in total. The van der Waals surface area contributed by atoms with Crippen molar-refractivity contribution in [1.82, 2.24) is 9.97 Å². The van der Waals surface area contributed by atoms with Crippen LogP contribution in [-0.4, -0.2) is 9.97 Å². The maximum Gasteiger partial charge on any atom is 0.127 e. The number of fused-ring (bicyclic) bond motifs is 1. The Morgan fingerprint density at radius 2 is 1.74 bits per heavy atom. The normalized spacial score (nSPS) is 11.9. The molecule has 1 aromatic carbocycles. The van der Waals surface area contributed by atoms with E-state index in [4.69, 9.17) is 0 Å². The molecular formula is C16H16N2S. The first kappa shape index (κ1) is 12.3. The highest BCUT2D eigenvalue weighted by atomic mass is 32.1. The van der Waals surface area contributed by atoms with Crippen molar-refractivity contribution in [3.8, 4) is 11.1 Å². The van der Waals surface area contributed by atoms with Crippen LogP contribution in [0.25, 0.3) is 21.3 Å².